The van der Waals surface area contributed by atoms with Gasteiger partial charge in [-0.1, -0.05) is 19.3 Å². The minimum atomic E-state index is 0.248. The lowest BCUT2D eigenvalue weighted by molar-refractivity contribution is 0.282. The van der Waals surface area contributed by atoms with Crippen molar-refractivity contribution in [3.8, 4) is 0 Å². The van der Waals surface area contributed by atoms with E-state index in [-0.39, 0.29) is 6.04 Å². The number of aliphatic hydroxyl groups is 1. The molecular formula is C15H26N2O. The van der Waals surface area contributed by atoms with Crippen molar-refractivity contribution >= 4 is 0 Å². The summed E-state index contributed by atoms with van der Waals surface area (Å²) in [4.78, 5) is 0. The SMILES string of the molecule is NC1CCCCc2cn(CCCCCCO)cc21. The van der Waals surface area contributed by atoms with Crippen LogP contribution in [0.2, 0.25) is 0 Å². The fourth-order valence-corrected chi connectivity index (χ4v) is 2.84. The summed E-state index contributed by atoms with van der Waals surface area (Å²) in [7, 11) is 0. The molecule has 0 fully saturated rings. The molecule has 1 aliphatic rings. The largest absolute Gasteiger partial charge is 0.396 e. The zero-order chi connectivity index (χ0) is 12.8. The quantitative estimate of drug-likeness (QED) is 0.602. The van der Waals surface area contributed by atoms with Gasteiger partial charge in [0, 0.05) is 31.6 Å². The Bertz CT molecular complexity index is 359. The smallest absolute Gasteiger partial charge is 0.0431 e. The second-order valence-electron chi connectivity index (χ2n) is 5.47. The molecule has 0 radical (unpaired) electrons. The predicted molar refractivity (Wildman–Crippen MR) is 74.5 cm³/mol. The zero-order valence-electron chi connectivity index (χ0n) is 11.3. The van der Waals surface area contributed by atoms with E-state index in [1.54, 1.807) is 0 Å². The second kappa shape index (κ2) is 6.95. The van der Waals surface area contributed by atoms with Crippen molar-refractivity contribution in [2.24, 2.45) is 5.73 Å². The maximum Gasteiger partial charge on any atom is 0.0431 e. The molecule has 1 heterocycles. The number of unbranched alkanes of at least 4 members (excludes halogenated alkanes) is 3. The van der Waals surface area contributed by atoms with Gasteiger partial charge < -0.3 is 15.4 Å². The van der Waals surface area contributed by atoms with Gasteiger partial charge in [0.05, 0.1) is 0 Å². The minimum Gasteiger partial charge on any atom is -0.396 e. The van der Waals surface area contributed by atoms with Crippen molar-refractivity contribution in [2.75, 3.05) is 6.61 Å². The molecule has 0 spiro atoms. The van der Waals surface area contributed by atoms with Gasteiger partial charge in [-0.3, -0.25) is 0 Å². The molecule has 0 amide bonds. The Labute approximate surface area is 110 Å². The maximum atomic E-state index is 8.73. The van der Waals surface area contributed by atoms with Crippen LogP contribution in [0.5, 0.6) is 0 Å². The van der Waals surface area contributed by atoms with Gasteiger partial charge >= 0.3 is 0 Å². The summed E-state index contributed by atoms with van der Waals surface area (Å²) in [6.07, 6.45) is 13.9. The molecule has 2 rings (SSSR count). The van der Waals surface area contributed by atoms with Crippen LogP contribution >= 0.6 is 0 Å². The molecule has 0 aliphatic heterocycles. The van der Waals surface area contributed by atoms with Gasteiger partial charge in [-0.15, -0.1) is 0 Å². The Hall–Kier alpha value is -0.800. The third-order valence-electron chi connectivity index (χ3n) is 3.93. The lowest BCUT2D eigenvalue weighted by Crippen LogP contribution is -2.09. The topological polar surface area (TPSA) is 51.2 Å². The Morgan fingerprint density at radius 1 is 1.17 bits per heavy atom. The lowest BCUT2D eigenvalue weighted by Gasteiger charge is -2.07. The van der Waals surface area contributed by atoms with Crippen LogP contribution in [0.15, 0.2) is 12.4 Å². The Morgan fingerprint density at radius 2 is 2.00 bits per heavy atom. The standard InChI is InChI=1S/C15H26N2O/c16-15-8-4-3-7-13-11-17(12-14(13)15)9-5-1-2-6-10-18/h11-12,15,18H,1-10,16H2. The highest BCUT2D eigenvalue weighted by atomic mass is 16.2. The molecule has 102 valence electrons. The number of aryl methyl sites for hydroxylation is 2. The van der Waals surface area contributed by atoms with E-state index < -0.39 is 0 Å². The van der Waals surface area contributed by atoms with E-state index >= 15 is 0 Å². The van der Waals surface area contributed by atoms with E-state index in [0.29, 0.717) is 6.61 Å². The number of rotatable bonds is 6. The highest BCUT2D eigenvalue weighted by molar-refractivity contribution is 5.28. The Morgan fingerprint density at radius 3 is 2.83 bits per heavy atom. The molecule has 3 heteroatoms. The van der Waals surface area contributed by atoms with E-state index in [2.05, 4.69) is 17.0 Å². The summed E-state index contributed by atoms with van der Waals surface area (Å²) in [6.45, 7) is 1.41. The van der Waals surface area contributed by atoms with Gasteiger partial charge in [0.2, 0.25) is 0 Å². The highest BCUT2D eigenvalue weighted by Gasteiger charge is 2.16. The molecular weight excluding hydrogens is 224 g/mol. The van der Waals surface area contributed by atoms with Crippen molar-refractivity contribution in [3.05, 3.63) is 23.5 Å². The molecule has 0 bridgehead atoms. The number of nitrogens with two attached hydrogens (primary N) is 1. The summed E-state index contributed by atoms with van der Waals surface area (Å²) in [5.41, 5.74) is 9.06. The van der Waals surface area contributed by atoms with Gasteiger partial charge in [0.25, 0.3) is 0 Å². The van der Waals surface area contributed by atoms with Gasteiger partial charge in [0.15, 0.2) is 0 Å². The van der Waals surface area contributed by atoms with E-state index in [1.165, 1.54) is 43.2 Å². The molecule has 3 nitrogen and oxygen atoms in total. The number of aliphatic hydroxyl groups excluding tert-OH is 1. The molecule has 0 saturated carbocycles. The van der Waals surface area contributed by atoms with Crippen LogP contribution in [0.1, 0.15) is 62.1 Å². The fourth-order valence-electron chi connectivity index (χ4n) is 2.84. The zero-order valence-corrected chi connectivity index (χ0v) is 11.3. The minimum absolute atomic E-state index is 0.248. The monoisotopic (exact) mass is 250 g/mol. The highest BCUT2D eigenvalue weighted by Crippen LogP contribution is 2.27. The van der Waals surface area contributed by atoms with Crippen LogP contribution in [-0.4, -0.2) is 16.3 Å². The van der Waals surface area contributed by atoms with Crippen LogP contribution < -0.4 is 5.73 Å². The van der Waals surface area contributed by atoms with Crippen molar-refractivity contribution in [2.45, 2.75) is 64.0 Å². The molecule has 1 aromatic rings. The average Bonchev–Trinajstić information content (AvgIpc) is 2.70. The number of aromatic nitrogens is 1. The van der Waals surface area contributed by atoms with Gasteiger partial charge in [-0.05, 0) is 43.2 Å². The summed E-state index contributed by atoms with van der Waals surface area (Å²) >= 11 is 0. The molecule has 0 saturated heterocycles. The molecule has 0 aromatic carbocycles. The van der Waals surface area contributed by atoms with Crippen molar-refractivity contribution in [1.29, 1.82) is 0 Å². The number of fused-ring (bicyclic) bond motifs is 1. The van der Waals surface area contributed by atoms with Crippen molar-refractivity contribution < 1.29 is 5.11 Å². The van der Waals surface area contributed by atoms with E-state index in [1.807, 2.05) is 0 Å². The third kappa shape index (κ3) is 3.59. The first-order valence-corrected chi connectivity index (χ1v) is 7.36. The Balaban J connectivity index is 1.85. The summed E-state index contributed by atoms with van der Waals surface area (Å²) < 4.78 is 2.31. The third-order valence-corrected chi connectivity index (χ3v) is 3.93. The molecule has 1 atom stereocenters. The van der Waals surface area contributed by atoms with E-state index in [4.69, 9.17) is 10.8 Å². The van der Waals surface area contributed by atoms with Crippen molar-refractivity contribution in [1.82, 2.24) is 4.57 Å². The Kier molecular flexibility index (Phi) is 5.26. The van der Waals surface area contributed by atoms with Crippen LogP contribution in [-0.2, 0) is 13.0 Å². The number of hydrogen-bond acceptors (Lipinski definition) is 2. The molecule has 1 aliphatic carbocycles. The van der Waals surface area contributed by atoms with Crippen LogP contribution in [0.3, 0.4) is 0 Å². The van der Waals surface area contributed by atoms with E-state index in [9.17, 15) is 0 Å². The normalized spacial score (nSPS) is 19.6. The fraction of sp³-hybridized carbons (Fsp3) is 0.733. The molecule has 18 heavy (non-hydrogen) atoms. The van der Waals surface area contributed by atoms with Gasteiger partial charge in [-0.25, -0.2) is 0 Å². The molecule has 1 aromatic heterocycles. The van der Waals surface area contributed by atoms with Crippen LogP contribution in [0.4, 0.5) is 0 Å². The first-order valence-electron chi connectivity index (χ1n) is 7.36. The lowest BCUT2D eigenvalue weighted by atomic mass is 10.1. The molecule has 3 N–H and O–H groups in total. The maximum absolute atomic E-state index is 8.73. The summed E-state index contributed by atoms with van der Waals surface area (Å²) in [5, 5.41) is 8.73. The van der Waals surface area contributed by atoms with Crippen LogP contribution in [0.25, 0.3) is 0 Å². The summed E-state index contributed by atoms with van der Waals surface area (Å²) in [5.74, 6) is 0. The average molecular weight is 250 g/mol. The number of hydrogen-bond donors (Lipinski definition) is 2. The van der Waals surface area contributed by atoms with E-state index in [0.717, 1.165) is 25.8 Å². The predicted octanol–water partition coefficient (Wildman–Crippen LogP) is 2.77. The first-order chi connectivity index (χ1) is 8.81. The first kappa shape index (κ1) is 13.6. The van der Waals surface area contributed by atoms with Crippen LogP contribution in [0, 0.1) is 0 Å². The second-order valence-corrected chi connectivity index (χ2v) is 5.47. The number of nitrogens with zero attached hydrogens (tertiary/aromatic N) is 1. The van der Waals surface area contributed by atoms with Crippen molar-refractivity contribution in [3.63, 3.8) is 0 Å². The summed E-state index contributed by atoms with van der Waals surface area (Å²) in [6, 6.07) is 0.248. The molecule has 1 unspecified atom stereocenters. The van der Waals surface area contributed by atoms with Gasteiger partial charge in [-0.2, -0.15) is 0 Å². The van der Waals surface area contributed by atoms with Gasteiger partial charge in [0.1, 0.15) is 0 Å².